The average molecular weight is 362 g/mol. The monoisotopic (exact) mass is 362 g/mol. The molecule has 3 aromatic rings. The van der Waals surface area contributed by atoms with Crippen LogP contribution in [0.1, 0.15) is 16.7 Å². The third-order valence-corrected chi connectivity index (χ3v) is 7.12. The normalized spacial score (nSPS) is 11.8. The summed E-state index contributed by atoms with van der Waals surface area (Å²) in [5.74, 6) is 0. The second kappa shape index (κ2) is 7.72. The molecule has 2 amide bonds. The van der Waals surface area contributed by atoms with Crippen LogP contribution in [0.5, 0.6) is 0 Å². The zero-order chi connectivity index (χ0) is 18.7. The van der Waals surface area contributed by atoms with Gasteiger partial charge < -0.3 is 11.1 Å². The van der Waals surface area contributed by atoms with Crippen LogP contribution < -0.4 is 27.0 Å². The van der Waals surface area contributed by atoms with Gasteiger partial charge in [0.1, 0.15) is 0 Å². The summed E-state index contributed by atoms with van der Waals surface area (Å²) < 4.78 is 0. The zero-order valence-corrected chi connectivity index (χ0v) is 16.2. The van der Waals surface area contributed by atoms with Crippen molar-refractivity contribution in [2.45, 2.75) is 20.8 Å². The third kappa shape index (κ3) is 3.79. The number of para-hydroxylation sites is 1. The summed E-state index contributed by atoms with van der Waals surface area (Å²) in [6, 6.07) is 22.3. The minimum absolute atomic E-state index is 0.544. The standard InChI is InChI=1S/C22H23N2OP/c1-15-13-16(2)21(17(3)14-15)26(18-9-5-4-6-10-18)20-12-8-7-11-19(20)24-22(23)25/h4-14H,1-3H3,(H3,23,24,25). The quantitative estimate of drug-likeness (QED) is 0.681. The molecule has 0 aromatic heterocycles. The molecule has 1 atom stereocenters. The summed E-state index contributed by atoms with van der Waals surface area (Å²) in [6.07, 6.45) is 0. The number of anilines is 1. The average Bonchev–Trinajstić information content (AvgIpc) is 2.59. The Bertz CT molecular complexity index is 915. The highest BCUT2D eigenvalue weighted by Crippen LogP contribution is 2.38. The maximum atomic E-state index is 11.5. The first-order valence-electron chi connectivity index (χ1n) is 8.56. The Hall–Kier alpha value is -2.64. The number of hydrogen-bond donors (Lipinski definition) is 2. The van der Waals surface area contributed by atoms with Crippen molar-refractivity contribution in [3.05, 3.63) is 83.4 Å². The molecule has 0 aliphatic rings. The lowest BCUT2D eigenvalue weighted by atomic mass is 10.1. The molecule has 3 N–H and O–H groups in total. The van der Waals surface area contributed by atoms with Crippen LogP contribution in [0.15, 0.2) is 66.7 Å². The molecule has 1 unspecified atom stereocenters. The number of carbonyl (C=O) groups is 1. The Labute approximate surface area is 156 Å². The Kier molecular flexibility index (Phi) is 5.39. The van der Waals surface area contributed by atoms with Crippen molar-refractivity contribution in [3.8, 4) is 0 Å². The maximum Gasteiger partial charge on any atom is 0.316 e. The van der Waals surface area contributed by atoms with Crippen molar-refractivity contribution < 1.29 is 4.79 Å². The molecule has 0 bridgehead atoms. The molecule has 0 aliphatic carbocycles. The van der Waals surface area contributed by atoms with Crippen LogP contribution in [0.2, 0.25) is 0 Å². The lowest BCUT2D eigenvalue weighted by molar-refractivity contribution is 0.259. The minimum Gasteiger partial charge on any atom is -0.351 e. The number of rotatable bonds is 4. The van der Waals surface area contributed by atoms with Crippen molar-refractivity contribution in [2.75, 3.05) is 5.32 Å². The molecule has 0 spiro atoms. The Morgan fingerprint density at radius 2 is 1.46 bits per heavy atom. The van der Waals surface area contributed by atoms with Crippen LogP contribution in [0, 0.1) is 20.8 Å². The van der Waals surface area contributed by atoms with Crippen LogP contribution >= 0.6 is 7.92 Å². The van der Waals surface area contributed by atoms with Crippen molar-refractivity contribution in [1.82, 2.24) is 0 Å². The Morgan fingerprint density at radius 1 is 0.885 bits per heavy atom. The van der Waals surface area contributed by atoms with Crippen molar-refractivity contribution >= 4 is 35.6 Å². The number of urea groups is 1. The number of amides is 2. The summed E-state index contributed by atoms with van der Waals surface area (Å²) in [5.41, 5.74) is 9.98. The van der Waals surface area contributed by atoms with E-state index in [-0.39, 0.29) is 0 Å². The van der Waals surface area contributed by atoms with Gasteiger partial charge in [-0.25, -0.2) is 4.79 Å². The number of carbonyl (C=O) groups excluding carboxylic acids is 1. The fraction of sp³-hybridized carbons (Fsp3) is 0.136. The van der Waals surface area contributed by atoms with Crippen LogP contribution in [0.4, 0.5) is 10.5 Å². The van der Waals surface area contributed by atoms with Crippen molar-refractivity contribution in [2.24, 2.45) is 5.73 Å². The van der Waals surface area contributed by atoms with Crippen molar-refractivity contribution in [3.63, 3.8) is 0 Å². The van der Waals surface area contributed by atoms with E-state index in [9.17, 15) is 4.79 Å². The second-order valence-corrected chi connectivity index (χ2v) is 8.54. The van der Waals surface area contributed by atoms with Gasteiger partial charge in [-0.3, -0.25) is 0 Å². The highest BCUT2D eigenvalue weighted by atomic mass is 31.1. The molecule has 26 heavy (non-hydrogen) atoms. The van der Waals surface area contributed by atoms with Crippen LogP contribution in [-0.2, 0) is 0 Å². The smallest absolute Gasteiger partial charge is 0.316 e. The predicted molar refractivity (Wildman–Crippen MR) is 113 cm³/mol. The maximum absolute atomic E-state index is 11.5. The molecule has 3 nitrogen and oxygen atoms in total. The van der Waals surface area contributed by atoms with Crippen LogP contribution in [0.3, 0.4) is 0 Å². The number of nitrogens with two attached hydrogens (primary N) is 1. The number of benzene rings is 3. The lowest BCUT2D eigenvalue weighted by Crippen LogP contribution is -2.29. The first-order chi connectivity index (χ1) is 12.5. The molecule has 0 aliphatic heterocycles. The van der Waals surface area contributed by atoms with Gasteiger partial charge in [0, 0.05) is 5.30 Å². The molecule has 3 aromatic carbocycles. The predicted octanol–water partition coefficient (Wildman–Crippen LogP) is 3.86. The van der Waals surface area contributed by atoms with E-state index in [1.54, 1.807) is 0 Å². The van der Waals surface area contributed by atoms with Gasteiger partial charge >= 0.3 is 6.03 Å². The van der Waals surface area contributed by atoms with Gasteiger partial charge in [0.15, 0.2) is 0 Å². The summed E-state index contributed by atoms with van der Waals surface area (Å²) in [7, 11) is -0.822. The molecular weight excluding hydrogens is 339 g/mol. The molecule has 0 saturated carbocycles. The first kappa shape index (κ1) is 18.2. The molecule has 0 heterocycles. The first-order valence-corrected chi connectivity index (χ1v) is 9.90. The third-order valence-electron chi connectivity index (χ3n) is 4.28. The molecule has 0 radical (unpaired) electrons. The van der Waals surface area contributed by atoms with E-state index in [4.69, 9.17) is 5.73 Å². The van der Waals surface area contributed by atoms with Gasteiger partial charge in [-0.15, -0.1) is 0 Å². The molecule has 4 heteroatoms. The van der Waals surface area contributed by atoms with E-state index < -0.39 is 14.0 Å². The Balaban J connectivity index is 2.27. The van der Waals surface area contributed by atoms with E-state index in [0.717, 1.165) is 11.0 Å². The van der Waals surface area contributed by atoms with E-state index in [2.05, 4.69) is 68.6 Å². The summed E-state index contributed by atoms with van der Waals surface area (Å²) in [5, 5.41) is 6.47. The van der Waals surface area contributed by atoms with Gasteiger partial charge in [-0.2, -0.15) is 0 Å². The summed E-state index contributed by atoms with van der Waals surface area (Å²) in [4.78, 5) is 11.5. The fourth-order valence-corrected chi connectivity index (χ4v) is 6.09. The second-order valence-electron chi connectivity index (χ2n) is 6.42. The van der Waals surface area contributed by atoms with Gasteiger partial charge in [-0.05, 0) is 56.5 Å². The van der Waals surface area contributed by atoms with Gasteiger partial charge in [-0.1, -0.05) is 66.2 Å². The van der Waals surface area contributed by atoms with E-state index in [0.29, 0.717) is 0 Å². The van der Waals surface area contributed by atoms with E-state index >= 15 is 0 Å². The molecule has 0 saturated heterocycles. The number of aryl methyl sites for hydroxylation is 3. The highest BCUT2D eigenvalue weighted by Gasteiger charge is 2.23. The van der Waals surface area contributed by atoms with Gasteiger partial charge in [0.05, 0.1) is 5.69 Å². The lowest BCUT2D eigenvalue weighted by Gasteiger charge is -2.25. The van der Waals surface area contributed by atoms with E-state index in [1.165, 1.54) is 27.3 Å². The number of hydrogen-bond acceptors (Lipinski definition) is 1. The zero-order valence-electron chi connectivity index (χ0n) is 15.3. The van der Waals surface area contributed by atoms with Crippen LogP contribution in [0.25, 0.3) is 0 Å². The summed E-state index contributed by atoms with van der Waals surface area (Å²) in [6.45, 7) is 6.45. The minimum atomic E-state index is -0.822. The largest absolute Gasteiger partial charge is 0.351 e. The number of nitrogens with one attached hydrogen (secondary N) is 1. The molecule has 0 fully saturated rings. The summed E-state index contributed by atoms with van der Waals surface area (Å²) >= 11 is 0. The van der Waals surface area contributed by atoms with Crippen LogP contribution in [-0.4, -0.2) is 6.03 Å². The van der Waals surface area contributed by atoms with Gasteiger partial charge in [0.25, 0.3) is 0 Å². The molecule has 3 rings (SSSR count). The van der Waals surface area contributed by atoms with Gasteiger partial charge in [0.2, 0.25) is 0 Å². The number of primary amides is 1. The fourth-order valence-electron chi connectivity index (χ4n) is 3.40. The SMILES string of the molecule is Cc1cc(C)c(P(c2ccccc2)c2ccccc2NC(N)=O)c(C)c1. The Morgan fingerprint density at radius 3 is 2.08 bits per heavy atom. The molecule has 132 valence electrons. The topological polar surface area (TPSA) is 55.1 Å². The van der Waals surface area contributed by atoms with E-state index in [1.807, 2.05) is 24.3 Å². The van der Waals surface area contributed by atoms with Crippen molar-refractivity contribution in [1.29, 1.82) is 0 Å². The highest BCUT2D eigenvalue weighted by molar-refractivity contribution is 7.80. The molecular formula is C22H23N2OP.